The second-order valence-corrected chi connectivity index (χ2v) is 15.8. The van der Waals surface area contributed by atoms with Crippen LogP contribution in [0.3, 0.4) is 0 Å². The van der Waals surface area contributed by atoms with E-state index in [-0.39, 0.29) is 0 Å². The maximum Gasteiger partial charge on any atom is 0.0476 e. The zero-order valence-electron chi connectivity index (χ0n) is 28.7. The molecule has 0 atom stereocenters. The minimum atomic E-state index is 1.13. The van der Waals surface area contributed by atoms with E-state index >= 15 is 0 Å². The van der Waals surface area contributed by atoms with E-state index in [4.69, 9.17) is 0 Å². The second-order valence-electron chi connectivity index (χ2n) is 13.7. The third-order valence-corrected chi connectivity index (χ3v) is 12.9. The first-order chi connectivity index (χ1) is 26.3. The van der Waals surface area contributed by atoms with Gasteiger partial charge in [-0.3, -0.25) is 0 Å². The van der Waals surface area contributed by atoms with Crippen molar-refractivity contribution in [3.63, 3.8) is 0 Å². The van der Waals surface area contributed by atoms with Crippen LogP contribution in [0.4, 0.5) is 17.1 Å². The van der Waals surface area contributed by atoms with Gasteiger partial charge in [0.2, 0.25) is 0 Å². The molecule has 9 aromatic carbocycles. The lowest BCUT2D eigenvalue weighted by molar-refractivity contribution is 1.30. The summed E-state index contributed by atoms with van der Waals surface area (Å²) in [6, 6.07) is 69.2. The van der Waals surface area contributed by atoms with Gasteiger partial charge in [0.1, 0.15) is 0 Å². The van der Waals surface area contributed by atoms with Crippen molar-refractivity contribution in [2.24, 2.45) is 0 Å². The number of hydrogen-bond donors (Lipinski definition) is 0. The van der Waals surface area contributed by atoms with Gasteiger partial charge in [-0.05, 0) is 92.3 Å². The monoisotopic (exact) mass is 709 g/mol. The summed E-state index contributed by atoms with van der Waals surface area (Å²) in [6.07, 6.45) is 0. The van der Waals surface area contributed by atoms with Gasteiger partial charge in [0.25, 0.3) is 0 Å². The number of thiophene rings is 2. The molecule has 0 amide bonds. The highest BCUT2D eigenvalue weighted by Gasteiger charge is 2.17. The predicted molar refractivity (Wildman–Crippen MR) is 233 cm³/mol. The molecule has 0 spiro atoms. The van der Waals surface area contributed by atoms with Crippen LogP contribution in [-0.4, -0.2) is 0 Å². The number of fused-ring (bicyclic) bond motifs is 9. The summed E-state index contributed by atoms with van der Waals surface area (Å²) in [7, 11) is 0. The molecule has 248 valence electrons. The maximum absolute atomic E-state index is 2.42. The van der Waals surface area contributed by atoms with Crippen LogP contribution in [-0.2, 0) is 0 Å². The minimum Gasteiger partial charge on any atom is -0.310 e. The van der Waals surface area contributed by atoms with E-state index in [9.17, 15) is 0 Å². The summed E-state index contributed by atoms with van der Waals surface area (Å²) in [4.78, 5) is 2.42. The Hall–Kier alpha value is -6.26. The van der Waals surface area contributed by atoms with E-state index in [0.29, 0.717) is 0 Å². The quantitative estimate of drug-likeness (QED) is 0.161. The van der Waals surface area contributed by atoms with Gasteiger partial charge in [0.05, 0.1) is 0 Å². The van der Waals surface area contributed by atoms with Gasteiger partial charge in [-0.2, -0.15) is 0 Å². The Balaban J connectivity index is 1.04. The Kier molecular flexibility index (Phi) is 6.97. The molecule has 0 aliphatic rings. The Labute approximate surface area is 315 Å². The molecule has 0 N–H and O–H groups in total. The minimum absolute atomic E-state index is 1.13. The maximum atomic E-state index is 2.42. The van der Waals surface area contributed by atoms with Crippen molar-refractivity contribution < 1.29 is 0 Å². The molecule has 11 aromatic rings. The molecule has 2 aromatic heterocycles. The van der Waals surface area contributed by atoms with Crippen LogP contribution in [0.25, 0.3) is 84.1 Å². The van der Waals surface area contributed by atoms with Crippen LogP contribution in [0, 0.1) is 0 Å². The van der Waals surface area contributed by atoms with Gasteiger partial charge >= 0.3 is 0 Å². The fourth-order valence-electron chi connectivity index (χ4n) is 8.19. The SMILES string of the molecule is c1ccc(-c2cccc3c2ccc2c(-c4ccc(N(c5ccc6c(c5)sc5ccccc56)c5ccc6c(c5)sc5ccccc56)cc4)cccc23)cc1. The van der Waals surface area contributed by atoms with Gasteiger partial charge < -0.3 is 4.90 Å². The van der Waals surface area contributed by atoms with Gasteiger partial charge in [0.15, 0.2) is 0 Å². The number of rotatable bonds is 5. The summed E-state index contributed by atoms with van der Waals surface area (Å²) < 4.78 is 5.24. The smallest absolute Gasteiger partial charge is 0.0476 e. The number of hydrogen-bond acceptors (Lipinski definition) is 3. The molecule has 0 saturated carbocycles. The summed E-state index contributed by atoms with van der Waals surface area (Å²) in [6.45, 7) is 0. The third kappa shape index (κ3) is 4.97. The fraction of sp³-hybridized carbons (Fsp3) is 0. The lowest BCUT2D eigenvalue weighted by Crippen LogP contribution is -2.09. The molecule has 0 bridgehead atoms. The molecule has 0 unspecified atom stereocenters. The fourth-order valence-corrected chi connectivity index (χ4v) is 10.5. The van der Waals surface area contributed by atoms with Gasteiger partial charge in [-0.15, -0.1) is 22.7 Å². The van der Waals surface area contributed by atoms with Crippen molar-refractivity contribution in [2.75, 3.05) is 4.90 Å². The van der Waals surface area contributed by atoms with Crippen LogP contribution in [0.5, 0.6) is 0 Å². The predicted octanol–water partition coefficient (Wildman–Crippen LogP) is 15.5. The third-order valence-electron chi connectivity index (χ3n) is 10.7. The van der Waals surface area contributed by atoms with E-state index in [1.807, 2.05) is 22.7 Å². The Morgan fingerprint density at radius 3 is 1.23 bits per heavy atom. The first-order valence-corrected chi connectivity index (χ1v) is 19.6. The Bertz CT molecular complexity index is 3060. The summed E-state index contributed by atoms with van der Waals surface area (Å²) in [5.74, 6) is 0. The topological polar surface area (TPSA) is 3.24 Å². The molecule has 0 fully saturated rings. The Morgan fingerprint density at radius 2 is 0.679 bits per heavy atom. The average molecular weight is 710 g/mol. The van der Waals surface area contributed by atoms with Crippen LogP contribution in [0.15, 0.2) is 188 Å². The molecule has 0 saturated heterocycles. The highest BCUT2D eigenvalue weighted by molar-refractivity contribution is 7.26. The zero-order valence-corrected chi connectivity index (χ0v) is 30.3. The van der Waals surface area contributed by atoms with Crippen LogP contribution < -0.4 is 4.90 Å². The van der Waals surface area contributed by atoms with Crippen molar-refractivity contribution in [3.05, 3.63) is 188 Å². The molecular formula is C50H31NS2. The molecular weight excluding hydrogens is 679 g/mol. The summed E-state index contributed by atoms with van der Waals surface area (Å²) in [5.41, 5.74) is 8.40. The highest BCUT2D eigenvalue weighted by Crippen LogP contribution is 2.44. The Morgan fingerprint density at radius 1 is 0.264 bits per heavy atom. The summed E-state index contributed by atoms with van der Waals surface area (Å²) in [5, 5.41) is 10.4. The van der Waals surface area contributed by atoms with Gasteiger partial charge in [0, 0.05) is 57.4 Å². The van der Waals surface area contributed by atoms with E-state index in [2.05, 4.69) is 193 Å². The highest BCUT2D eigenvalue weighted by atomic mass is 32.1. The first-order valence-electron chi connectivity index (χ1n) is 18.0. The van der Waals surface area contributed by atoms with E-state index in [0.717, 1.165) is 17.1 Å². The molecule has 53 heavy (non-hydrogen) atoms. The molecule has 0 aliphatic carbocycles. The standard InChI is InChI=1S/C50H31NS2/c1-2-10-32(11-3-1)37-14-8-16-39-40-17-9-15-38(42(40)29-28-41(37)39)33-20-22-34(23-21-33)51(35-24-26-45-43-12-4-6-18-47(43)52-49(45)30-35)36-25-27-46-44-13-5-7-19-48(44)53-50(46)31-36/h1-31H. The van der Waals surface area contributed by atoms with Crippen LogP contribution in [0.2, 0.25) is 0 Å². The number of anilines is 3. The van der Waals surface area contributed by atoms with Gasteiger partial charge in [-0.1, -0.05) is 140 Å². The average Bonchev–Trinajstić information content (AvgIpc) is 3.79. The summed E-state index contributed by atoms with van der Waals surface area (Å²) >= 11 is 3.73. The molecule has 1 nitrogen and oxygen atoms in total. The number of nitrogens with zero attached hydrogens (tertiary/aromatic N) is 1. The van der Waals surface area contributed by atoms with Crippen molar-refractivity contribution >= 4 is 102 Å². The first kappa shape index (κ1) is 30.4. The second kappa shape index (κ2) is 12.2. The normalized spacial score (nSPS) is 11.8. The molecule has 11 rings (SSSR count). The van der Waals surface area contributed by atoms with Gasteiger partial charge in [-0.25, -0.2) is 0 Å². The van der Waals surface area contributed by atoms with Crippen molar-refractivity contribution in [1.29, 1.82) is 0 Å². The van der Waals surface area contributed by atoms with Crippen molar-refractivity contribution in [2.45, 2.75) is 0 Å². The molecule has 2 heterocycles. The van der Waals surface area contributed by atoms with Crippen molar-refractivity contribution in [3.8, 4) is 22.3 Å². The molecule has 3 heteroatoms. The van der Waals surface area contributed by atoms with E-state index < -0.39 is 0 Å². The van der Waals surface area contributed by atoms with Crippen LogP contribution >= 0.6 is 22.7 Å². The molecule has 0 radical (unpaired) electrons. The number of benzene rings is 9. The van der Waals surface area contributed by atoms with Crippen LogP contribution in [0.1, 0.15) is 0 Å². The largest absolute Gasteiger partial charge is 0.310 e. The molecule has 0 aliphatic heterocycles. The van der Waals surface area contributed by atoms with E-state index in [1.54, 1.807) is 0 Å². The van der Waals surface area contributed by atoms with Crippen molar-refractivity contribution in [1.82, 2.24) is 0 Å². The zero-order chi connectivity index (χ0) is 34.9. The lowest BCUT2D eigenvalue weighted by atomic mass is 9.91. The lowest BCUT2D eigenvalue weighted by Gasteiger charge is -2.26. The van der Waals surface area contributed by atoms with E-state index in [1.165, 1.54) is 84.1 Å².